The number of aromatic nitrogens is 2. The van der Waals surface area contributed by atoms with E-state index in [1.165, 1.54) is 4.09 Å². The molecule has 0 radical (unpaired) electrons. The summed E-state index contributed by atoms with van der Waals surface area (Å²) in [6, 6.07) is 6.45. The molecule has 1 aromatic carbocycles. The van der Waals surface area contributed by atoms with Crippen molar-refractivity contribution in [2.45, 2.75) is 17.3 Å². The van der Waals surface area contributed by atoms with Gasteiger partial charge in [0, 0.05) is 27.7 Å². The van der Waals surface area contributed by atoms with Crippen LogP contribution in [0.4, 0.5) is 8.78 Å². The standard InChI is InChI=1S/C11H9ClF2N2OS2/c12-8-2-1-3-9(19-11(13)14)7(8)6-17-10-4-5-16(18)15-10/h1-5,11,18H,6H2. The van der Waals surface area contributed by atoms with Crippen molar-refractivity contribution in [2.24, 2.45) is 0 Å². The quantitative estimate of drug-likeness (QED) is 0.662. The highest BCUT2D eigenvalue weighted by Crippen LogP contribution is 2.33. The lowest BCUT2D eigenvalue weighted by Gasteiger charge is -2.10. The van der Waals surface area contributed by atoms with E-state index in [1.54, 1.807) is 30.5 Å². The first kappa shape index (κ1) is 14.5. The van der Waals surface area contributed by atoms with Crippen molar-refractivity contribution >= 4 is 36.2 Å². The van der Waals surface area contributed by atoms with Crippen LogP contribution in [0.2, 0.25) is 5.02 Å². The lowest BCUT2D eigenvalue weighted by atomic mass is 10.2. The van der Waals surface area contributed by atoms with E-state index in [-0.39, 0.29) is 6.61 Å². The second kappa shape index (κ2) is 6.49. The lowest BCUT2D eigenvalue weighted by molar-refractivity contribution is 0.251. The minimum Gasteiger partial charge on any atom is -0.472 e. The van der Waals surface area contributed by atoms with Gasteiger partial charge < -0.3 is 4.74 Å². The van der Waals surface area contributed by atoms with Gasteiger partial charge in [0.05, 0.1) is 0 Å². The molecule has 1 heterocycles. The Kier molecular flexibility index (Phi) is 4.95. The molecule has 0 unspecified atom stereocenters. The zero-order chi connectivity index (χ0) is 13.8. The van der Waals surface area contributed by atoms with Gasteiger partial charge in [0.1, 0.15) is 6.61 Å². The largest absolute Gasteiger partial charge is 0.472 e. The molecule has 102 valence electrons. The Labute approximate surface area is 123 Å². The van der Waals surface area contributed by atoms with Crippen LogP contribution in [0, 0.1) is 0 Å². The molecule has 19 heavy (non-hydrogen) atoms. The number of alkyl halides is 2. The third kappa shape index (κ3) is 4.02. The molecule has 0 aliphatic rings. The summed E-state index contributed by atoms with van der Waals surface area (Å²) in [6.45, 7) is 0.0690. The molecule has 0 saturated heterocycles. The summed E-state index contributed by atoms with van der Waals surface area (Å²) in [5, 5.41) is 4.29. The molecule has 0 spiro atoms. The molecule has 2 rings (SSSR count). The highest BCUT2D eigenvalue weighted by molar-refractivity contribution is 7.99. The summed E-state index contributed by atoms with van der Waals surface area (Å²) in [4.78, 5) is 0.396. The zero-order valence-electron chi connectivity index (χ0n) is 9.46. The fraction of sp³-hybridized carbons (Fsp3) is 0.182. The fourth-order valence-electron chi connectivity index (χ4n) is 1.41. The topological polar surface area (TPSA) is 27.1 Å². The summed E-state index contributed by atoms with van der Waals surface area (Å²) in [6.07, 6.45) is 1.60. The number of hydrogen-bond donors (Lipinski definition) is 1. The molecular formula is C11H9ClF2N2OS2. The van der Waals surface area contributed by atoms with E-state index >= 15 is 0 Å². The Morgan fingerprint density at radius 1 is 1.42 bits per heavy atom. The Balaban J connectivity index is 2.14. The molecule has 8 heteroatoms. The van der Waals surface area contributed by atoms with Gasteiger partial charge in [-0.2, -0.15) is 8.78 Å². The van der Waals surface area contributed by atoms with Crippen LogP contribution in [0.1, 0.15) is 5.56 Å². The van der Waals surface area contributed by atoms with Gasteiger partial charge in [-0.3, -0.25) is 0 Å². The van der Waals surface area contributed by atoms with Crippen LogP contribution in [0.25, 0.3) is 0 Å². The van der Waals surface area contributed by atoms with Crippen molar-refractivity contribution in [1.82, 2.24) is 9.19 Å². The van der Waals surface area contributed by atoms with Crippen LogP contribution in [-0.4, -0.2) is 14.9 Å². The molecule has 2 aromatic rings. The van der Waals surface area contributed by atoms with E-state index in [0.717, 1.165) is 0 Å². The van der Waals surface area contributed by atoms with Gasteiger partial charge in [-0.05, 0) is 24.9 Å². The third-order valence-electron chi connectivity index (χ3n) is 2.21. The highest BCUT2D eigenvalue weighted by atomic mass is 35.5. The van der Waals surface area contributed by atoms with Gasteiger partial charge >= 0.3 is 0 Å². The van der Waals surface area contributed by atoms with Crippen molar-refractivity contribution in [3.63, 3.8) is 0 Å². The summed E-state index contributed by atoms with van der Waals surface area (Å²) in [5.41, 5.74) is 0.517. The number of halogens is 3. The second-order valence-electron chi connectivity index (χ2n) is 3.46. The van der Waals surface area contributed by atoms with Gasteiger partial charge in [0.25, 0.3) is 5.76 Å². The molecule has 0 aliphatic heterocycles. The molecular weight excluding hydrogens is 314 g/mol. The Morgan fingerprint density at radius 3 is 2.84 bits per heavy atom. The number of hydrogen-bond acceptors (Lipinski definition) is 4. The Bertz CT molecular complexity index is 565. The fourth-order valence-corrected chi connectivity index (χ4v) is 2.51. The van der Waals surface area contributed by atoms with Crippen LogP contribution in [0.5, 0.6) is 5.88 Å². The predicted molar refractivity (Wildman–Crippen MR) is 74.3 cm³/mol. The van der Waals surface area contributed by atoms with E-state index in [4.69, 9.17) is 16.3 Å². The molecule has 0 bridgehead atoms. The Hall–Kier alpha value is -0.920. The minimum atomic E-state index is -2.51. The monoisotopic (exact) mass is 322 g/mol. The zero-order valence-corrected chi connectivity index (χ0v) is 11.9. The average Bonchev–Trinajstić information content (AvgIpc) is 2.73. The van der Waals surface area contributed by atoms with Crippen LogP contribution in [-0.2, 0) is 6.61 Å². The second-order valence-corrected chi connectivity index (χ2v) is 5.31. The Morgan fingerprint density at radius 2 is 2.21 bits per heavy atom. The third-order valence-corrected chi connectivity index (χ3v) is 3.60. The van der Waals surface area contributed by atoms with Crippen molar-refractivity contribution in [3.05, 3.63) is 41.0 Å². The van der Waals surface area contributed by atoms with Crippen LogP contribution in [0.15, 0.2) is 35.4 Å². The molecule has 1 aromatic heterocycles. The smallest absolute Gasteiger partial charge is 0.288 e. The maximum Gasteiger partial charge on any atom is 0.288 e. The maximum atomic E-state index is 12.5. The first-order valence-corrected chi connectivity index (χ1v) is 6.82. The van der Waals surface area contributed by atoms with Gasteiger partial charge in [-0.25, -0.2) is 4.09 Å². The van der Waals surface area contributed by atoms with Gasteiger partial charge in [0.2, 0.25) is 5.88 Å². The van der Waals surface area contributed by atoms with Crippen molar-refractivity contribution < 1.29 is 13.5 Å². The molecule has 0 atom stereocenters. The number of ether oxygens (including phenoxy) is 1. The van der Waals surface area contributed by atoms with Crippen LogP contribution < -0.4 is 4.74 Å². The van der Waals surface area contributed by atoms with E-state index in [0.29, 0.717) is 33.1 Å². The summed E-state index contributed by atoms with van der Waals surface area (Å²) >= 11 is 10.4. The number of thiol groups is 1. The first-order valence-electron chi connectivity index (χ1n) is 5.16. The van der Waals surface area contributed by atoms with E-state index in [1.807, 2.05) is 0 Å². The highest BCUT2D eigenvalue weighted by Gasteiger charge is 2.13. The molecule has 0 amide bonds. The SMILES string of the molecule is FC(F)Sc1cccc(Cl)c1COc1ccn(S)n1. The number of nitrogens with zero attached hydrogens (tertiary/aromatic N) is 2. The van der Waals surface area contributed by atoms with Gasteiger partial charge in [0.15, 0.2) is 0 Å². The van der Waals surface area contributed by atoms with E-state index in [2.05, 4.69) is 17.9 Å². The molecule has 0 fully saturated rings. The first-order chi connectivity index (χ1) is 9.06. The van der Waals surface area contributed by atoms with Crippen molar-refractivity contribution in [3.8, 4) is 5.88 Å². The average molecular weight is 323 g/mol. The summed E-state index contributed by atoms with van der Waals surface area (Å²) < 4.78 is 31.6. The van der Waals surface area contributed by atoms with Crippen LogP contribution >= 0.6 is 36.2 Å². The molecule has 0 N–H and O–H groups in total. The lowest BCUT2D eigenvalue weighted by Crippen LogP contribution is -2.00. The van der Waals surface area contributed by atoms with Crippen molar-refractivity contribution in [1.29, 1.82) is 0 Å². The van der Waals surface area contributed by atoms with Crippen molar-refractivity contribution in [2.75, 3.05) is 0 Å². The van der Waals surface area contributed by atoms with E-state index < -0.39 is 5.76 Å². The van der Waals surface area contributed by atoms with E-state index in [9.17, 15) is 8.78 Å². The van der Waals surface area contributed by atoms with Crippen LogP contribution in [0.3, 0.4) is 0 Å². The number of rotatable bonds is 5. The minimum absolute atomic E-state index is 0.0690. The molecule has 0 aliphatic carbocycles. The number of thioether (sulfide) groups is 1. The summed E-state index contributed by atoms with van der Waals surface area (Å²) in [5.74, 6) is -2.16. The number of benzene rings is 1. The molecule has 3 nitrogen and oxygen atoms in total. The van der Waals surface area contributed by atoms with Gasteiger partial charge in [-0.1, -0.05) is 29.4 Å². The normalized spacial score (nSPS) is 11.0. The molecule has 0 saturated carbocycles. The summed E-state index contributed by atoms with van der Waals surface area (Å²) in [7, 11) is 0. The predicted octanol–water partition coefficient (Wildman–Crippen LogP) is 4.12. The maximum absolute atomic E-state index is 12.5. The van der Waals surface area contributed by atoms with Gasteiger partial charge in [-0.15, -0.1) is 5.10 Å².